The number of nitrogens with one attached hydrogen (secondary N) is 1. The van der Waals surface area contributed by atoms with Crippen molar-refractivity contribution >= 4 is 11.2 Å². The Balaban J connectivity index is 1.57. The molecule has 0 amide bonds. The number of benzene rings is 2. The first-order valence-electron chi connectivity index (χ1n) is 13.0. The maximum Gasteiger partial charge on any atom is 0.332 e. The number of H-pyrrole nitrogens is 1. The number of tetrazole rings is 1. The Morgan fingerprint density at radius 2 is 1.71 bits per heavy atom. The number of imidazole rings is 1. The molecule has 38 heavy (non-hydrogen) atoms. The van der Waals surface area contributed by atoms with E-state index in [4.69, 9.17) is 4.98 Å². The van der Waals surface area contributed by atoms with Gasteiger partial charge in [0, 0.05) is 32.1 Å². The minimum Gasteiger partial charge on any atom is -0.318 e. The molecule has 5 rings (SSSR count). The Kier molecular flexibility index (Phi) is 7.04. The van der Waals surface area contributed by atoms with Crippen molar-refractivity contribution in [1.29, 1.82) is 0 Å². The first kappa shape index (κ1) is 25.3. The van der Waals surface area contributed by atoms with Gasteiger partial charge in [-0.25, -0.2) is 9.78 Å². The van der Waals surface area contributed by atoms with Gasteiger partial charge >= 0.3 is 5.69 Å². The van der Waals surface area contributed by atoms with E-state index < -0.39 is 0 Å². The van der Waals surface area contributed by atoms with Crippen LogP contribution in [0.5, 0.6) is 0 Å². The van der Waals surface area contributed by atoms with E-state index in [1.165, 1.54) is 9.13 Å². The maximum absolute atomic E-state index is 13.6. The van der Waals surface area contributed by atoms with Crippen molar-refractivity contribution in [2.75, 3.05) is 0 Å². The molecule has 0 radical (unpaired) electrons. The molecule has 1 N–H and O–H groups in total. The van der Waals surface area contributed by atoms with Crippen LogP contribution in [0.25, 0.3) is 33.7 Å². The third kappa shape index (κ3) is 4.69. The Morgan fingerprint density at radius 3 is 2.37 bits per heavy atom. The zero-order chi connectivity index (χ0) is 26.8. The summed E-state index contributed by atoms with van der Waals surface area (Å²) in [6, 6.07) is 16.2. The van der Waals surface area contributed by atoms with Crippen LogP contribution in [0.2, 0.25) is 0 Å². The van der Waals surface area contributed by atoms with Crippen LogP contribution in [-0.4, -0.2) is 39.3 Å². The van der Waals surface area contributed by atoms with E-state index in [2.05, 4.69) is 51.8 Å². The van der Waals surface area contributed by atoms with Crippen LogP contribution < -0.4 is 11.2 Å². The lowest BCUT2D eigenvalue weighted by Crippen LogP contribution is -2.40. The largest absolute Gasteiger partial charge is 0.332 e. The number of aromatic nitrogens is 8. The fraction of sp³-hybridized carbons (Fsp3) is 0.357. The third-order valence-electron chi connectivity index (χ3n) is 6.73. The second kappa shape index (κ2) is 10.6. The van der Waals surface area contributed by atoms with Crippen LogP contribution in [0.15, 0.2) is 58.1 Å². The van der Waals surface area contributed by atoms with Gasteiger partial charge in [0.05, 0.1) is 0 Å². The molecule has 0 unspecified atom stereocenters. The van der Waals surface area contributed by atoms with Gasteiger partial charge in [-0.2, -0.15) is 5.21 Å². The Labute approximate surface area is 220 Å². The minimum absolute atomic E-state index is 0.164. The number of unbranched alkanes of at least 4 members (excludes halogenated alkanes) is 1. The highest BCUT2D eigenvalue weighted by atomic mass is 16.2. The summed E-state index contributed by atoms with van der Waals surface area (Å²) < 4.78 is 4.83. The molecule has 3 heterocycles. The van der Waals surface area contributed by atoms with Crippen LogP contribution in [-0.2, 0) is 26.6 Å². The summed E-state index contributed by atoms with van der Waals surface area (Å²) in [7, 11) is 1.69. The van der Waals surface area contributed by atoms with Crippen molar-refractivity contribution in [3.05, 3.63) is 80.8 Å². The quantitative estimate of drug-likeness (QED) is 0.321. The molecule has 0 saturated carbocycles. The minimum atomic E-state index is -0.326. The highest BCUT2D eigenvalue weighted by molar-refractivity contribution is 5.80. The van der Waals surface area contributed by atoms with Crippen molar-refractivity contribution < 1.29 is 0 Å². The molecule has 196 valence electrons. The van der Waals surface area contributed by atoms with Gasteiger partial charge in [-0.1, -0.05) is 75.7 Å². The number of fused-ring (bicyclic) bond motifs is 1. The molecular weight excluding hydrogens is 480 g/mol. The molecule has 0 spiro atoms. The lowest BCUT2D eigenvalue weighted by Gasteiger charge is -2.13. The highest BCUT2D eigenvalue weighted by Gasteiger charge is 2.21. The maximum atomic E-state index is 13.6. The summed E-state index contributed by atoms with van der Waals surface area (Å²) in [5, 5.41) is 14.5. The Hall–Kier alpha value is -4.34. The summed E-state index contributed by atoms with van der Waals surface area (Å²) in [5.41, 5.74) is 4.27. The van der Waals surface area contributed by atoms with Crippen molar-refractivity contribution in [3.8, 4) is 22.5 Å². The van der Waals surface area contributed by atoms with E-state index >= 15 is 0 Å². The van der Waals surface area contributed by atoms with Gasteiger partial charge in [-0.15, -0.1) is 10.2 Å². The summed E-state index contributed by atoms with van der Waals surface area (Å²) >= 11 is 0. The molecule has 0 aliphatic heterocycles. The lowest BCUT2D eigenvalue weighted by atomic mass is 9.98. The first-order valence-corrected chi connectivity index (χ1v) is 13.0. The molecule has 0 atom stereocenters. The van der Waals surface area contributed by atoms with Gasteiger partial charge in [-0.3, -0.25) is 13.9 Å². The summed E-state index contributed by atoms with van der Waals surface area (Å²) in [5.74, 6) is 1.53. The third-order valence-corrected chi connectivity index (χ3v) is 6.73. The highest BCUT2D eigenvalue weighted by Crippen LogP contribution is 2.30. The number of rotatable bonds is 9. The fourth-order valence-electron chi connectivity index (χ4n) is 4.82. The molecule has 0 aliphatic rings. The first-order chi connectivity index (χ1) is 18.4. The average molecular weight is 513 g/mol. The molecule has 10 nitrogen and oxygen atoms in total. The fourth-order valence-corrected chi connectivity index (χ4v) is 4.82. The number of aromatic amines is 1. The predicted molar refractivity (Wildman–Crippen MR) is 147 cm³/mol. The SMILES string of the molecule is CCCCc1nc2c(c(=O)n(CC(C)C)c(=O)n2C)n1Cc1ccc(-c2ccccc2-c2nn[nH]n2)cc1. The molecule has 5 aromatic rings. The monoisotopic (exact) mass is 512 g/mol. The van der Waals surface area contributed by atoms with E-state index in [0.717, 1.165) is 47.3 Å². The average Bonchev–Trinajstić information content (AvgIpc) is 3.58. The van der Waals surface area contributed by atoms with Crippen LogP contribution in [0, 0.1) is 5.92 Å². The smallest absolute Gasteiger partial charge is 0.318 e. The second-order valence-corrected chi connectivity index (χ2v) is 10.0. The normalized spacial score (nSPS) is 11.6. The summed E-state index contributed by atoms with van der Waals surface area (Å²) in [6.45, 7) is 6.98. The lowest BCUT2D eigenvalue weighted by molar-refractivity contribution is 0.484. The molecule has 10 heteroatoms. The van der Waals surface area contributed by atoms with Crippen molar-refractivity contribution in [1.82, 2.24) is 39.3 Å². The van der Waals surface area contributed by atoms with E-state index in [9.17, 15) is 9.59 Å². The van der Waals surface area contributed by atoms with E-state index in [0.29, 0.717) is 30.1 Å². The van der Waals surface area contributed by atoms with Crippen LogP contribution >= 0.6 is 0 Å². The number of hydrogen-bond acceptors (Lipinski definition) is 6. The van der Waals surface area contributed by atoms with E-state index in [1.807, 2.05) is 42.7 Å². The molecule has 0 aliphatic carbocycles. The number of aryl methyl sites for hydroxylation is 2. The van der Waals surface area contributed by atoms with Crippen molar-refractivity contribution in [3.63, 3.8) is 0 Å². The topological polar surface area (TPSA) is 116 Å². The van der Waals surface area contributed by atoms with Crippen molar-refractivity contribution in [2.45, 2.75) is 53.1 Å². The number of nitrogens with zero attached hydrogens (tertiary/aromatic N) is 7. The van der Waals surface area contributed by atoms with Gasteiger partial charge in [0.2, 0.25) is 5.82 Å². The van der Waals surface area contributed by atoms with Gasteiger partial charge in [0.1, 0.15) is 5.82 Å². The van der Waals surface area contributed by atoms with Crippen LogP contribution in [0.4, 0.5) is 0 Å². The van der Waals surface area contributed by atoms with E-state index in [-0.39, 0.29) is 17.2 Å². The second-order valence-electron chi connectivity index (χ2n) is 10.0. The standard InChI is InChI=1S/C28H32N8O2/c1-5-6-11-23-29-26-24(27(37)36(16-18(2)3)28(38)34(26)4)35(23)17-19-12-14-20(15-13-19)21-9-7-8-10-22(21)25-30-32-33-31-25/h7-10,12-15,18H,5-6,11,16-17H2,1-4H3,(H,30,31,32,33). The molecule has 0 fully saturated rings. The summed E-state index contributed by atoms with van der Waals surface area (Å²) in [4.78, 5) is 31.4. The molecular formula is C28H32N8O2. The molecule has 0 bridgehead atoms. The Morgan fingerprint density at radius 1 is 0.974 bits per heavy atom. The van der Waals surface area contributed by atoms with Gasteiger partial charge in [0.15, 0.2) is 11.2 Å². The van der Waals surface area contributed by atoms with Crippen LogP contribution in [0.1, 0.15) is 45.0 Å². The molecule has 2 aromatic carbocycles. The van der Waals surface area contributed by atoms with Gasteiger partial charge < -0.3 is 4.57 Å². The number of hydrogen-bond donors (Lipinski definition) is 1. The van der Waals surface area contributed by atoms with Gasteiger partial charge in [0.25, 0.3) is 5.56 Å². The zero-order valence-electron chi connectivity index (χ0n) is 22.2. The van der Waals surface area contributed by atoms with Crippen LogP contribution in [0.3, 0.4) is 0 Å². The van der Waals surface area contributed by atoms with Gasteiger partial charge in [-0.05, 0) is 34.2 Å². The summed E-state index contributed by atoms with van der Waals surface area (Å²) in [6.07, 6.45) is 2.69. The predicted octanol–water partition coefficient (Wildman–Crippen LogP) is 3.79. The van der Waals surface area contributed by atoms with E-state index in [1.54, 1.807) is 7.05 Å². The molecule has 3 aromatic heterocycles. The zero-order valence-corrected chi connectivity index (χ0v) is 22.2. The Bertz CT molecular complexity index is 1680. The molecule has 0 saturated heterocycles. The van der Waals surface area contributed by atoms with Crippen molar-refractivity contribution in [2.24, 2.45) is 13.0 Å².